The summed E-state index contributed by atoms with van der Waals surface area (Å²) in [5, 5.41) is 31.8. The average Bonchev–Trinajstić information content (AvgIpc) is 3.04. The Labute approximate surface area is 184 Å². The summed E-state index contributed by atoms with van der Waals surface area (Å²) in [6, 6.07) is 0. The zero-order valence-electron chi connectivity index (χ0n) is 20.0. The molecule has 3 heteroatoms. The summed E-state index contributed by atoms with van der Waals surface area (Å²) in [7, 11) is 0. The molecule has 0 aliphatic heterocycles. The van der Waals surface area contributed by atoms with Crippen LogP contribution >= 0.6 is 0 Å². The molecule has 0 spiro atoms. The summed E-state index contributed by atoms with van der Waals surface area (Å²) in [5.41, 5.74) is 1.83. The van der Waals surface area contributed by atoms with E-state index >= 15 is 0 Å². The van der Waals surface area contributed by atoms with E-state index in [2.05, 4.69) is 40.7 Å². The third kappa shape index (κ3) is 3.61. The SMILES string of the molecule is CC(C)C(O)CCC(C)[C@H]1CC[C@H]2C3[C@H](O)C=C4C[C@@H](O)CC[C@]4(C)[C@H]3CC[C@]12C. The van der Waals surface area contributed by atoms with E-state index in [9.17, 15) is 15.3 Å². The first-order valence-corrected chi connectivity index (χ1v) is 12.8. The molecule has 4 aliphatic rings. The van der Waals surface area contributed by atoms with Gasteiger partial charge in [0.15, 0.2) is 0 Å². The maximum absolute atomic E-state index is 11.3. The van der Waals surface area contributed by atoms with Gasteiger partial charge in [-0.25, -0.2) is 0 Å². The zero-order valence-corrected chi connectivity index (χ0v) is 20.0. The van der Waals surface area contributed by atoms with E-state index in [0.29, 0.717) is 40.9 Å². The van der Waals surface area contributed by atoms with Crippen molar-refractivity contribution in [3.05, 3.63) is 11.6 Å². The van der Waals surface area contributed by atoms with Crippen molar-refractivity contribution in [3.63, 3.8) is 0 Å². The maximum atomic E-state index is 11.3. The van der Waals surface area contributed by atoms with Crippen molar-refractivity contribution in [2.24, 2.45) is 46.3 Å². The lowest BCUT2D eigenvalue weighted by Gasteiger charge is -2.59. The largest absolute Gasteiger partial charge is 0.393 e. The lowest BCUT2D eigenvalue weighted by Crippen LogP contribution is -2.55. The van der Waals surface area contributed by atoms with Crippen LogP contribution in [-0.4, -0.2) is 33.6 Å². The van der Waals surface area contributed by atoms with Gasteiger partial charge in [0.25, 0.3) is 0 Å². The predicted molar refractivity (Wildman–Crippen MR) is 122 cm³/mol. The number of hydrogen-bond donors (Lipinski definition) is 3. The summed E-state index contributed by atoms with van der Waals surface area (Å²) in [4.78, 5) is 0. The monoisotopic (exact) mass is 418 g/mol. The van der Waals surface area contributed by atoms with Gasteiger partial charge in [-0.1, -0.05) is 46.3 Å². The highest BCUT2D eigenvalue weighted by atomic mass is 16.3. The summed E-state index contributed by atoms with van der Waals surface area (Å²) in [5.74, 6) is 3.24. The van der Waals surface area contributed by atoms with E-state index in [-0.39, 0.29) is 23.7 Å². The van der Waals surface area contributed by atoms with Gasteiger partial charge in [0.2, 0.25) is 0 Å². The second-order valence-electron chi connectivity index (χ2n) is 12.4. The molecular formula is C27H46O3. The fraction of sp³-hybridized carbons (Fsp3) is 0.926. The molecular weight excluding hydrogens is 372 g/mol. The average molecular weight is 419 g/mol. The highest BCUT2D eigenvalue weighted by molar-refractivity contribution is 5.27. The molecule has 172 valence electrons. The molecule has 0 amide bonds. The first kappa shape index (κ1) is 22.8. The molecule has 0 aromatic carbocycles. The van der Waals surface area contributed by atoms with E-state index in [1.165, 1.54) is 31.3 Å². The van der Waals surface area contributed by atoms with Gasteiger partial charge in [-0.15, -0.1) is 0 Å². The van der Waals surface area contributed by atoms with Crippen LogP contribution in [-0.2, 0) is 0 Å². The van der Waals surface area contributed by atoms with Gasteiger partial charge in [0.1, 0.15) is 0 Å². The highest BCUT2D eigenvalue weighted by Gasteiger charge is 2.61. The number of aliphatic hydroxyl groups excluding tert-OH is 3. The maximum Gasteiger partial charge on any atom is 0.0757 e. The van der Waals surface area contributed by atoms with Crippen molar-refractivity contribution in [1.82, 2.24) is 0 Å². The van der Waals surface area contributed by atoms with Crippen molar-refractivity contribution in [2.75, 3.05) is 0 Å². The lowest BCUT2D eigenvalue weighted by molar-refractivity contribution is -0.0973. The van der Waals surface area contributed by atoms with Gasteiger partial charge in [-0.05, 0) is 104 Å². The van der Waals surface area contributed by atoms with Crippen molar-refractivity contribution >= 4 is 0 Å². The number of rotatable bonds is 5. The molecule has 4 aliphatic carbocycles. The normalized spacial score (nSPS) is 47.8. The Balaban J connectivity index is 1.53. The summed E-state index contributed by atoms with van der Waals surface area (Å²) < 4.78 is 0. The molecule has 3 nitrogen and oxygen atoms in total. The van der Waals surface area contributed by atoms with E-state index < -0.39 is 0 Å². The molecule has 0 heterocycles. The Bertz CT molecular complexity index is 656. The van der Waals surface area contributed by atoms with Crippen LogP contribution in [0.4, 0.5) is 0 Å². The van der Waals surface area contributed by atoms with Gasteiger partial charge < -0.3 is 15.3 Å². The van der Waals surface area contributed by atoms with Crippen LogP contribution in [0.5, 0.6) is 0 Å². The smallest absolute Gasteiger partial charge is 0.0757 e. The molecule has 3 unspecified atom stereocenters. The standard InChI is InChI=1S/C27H46O3/c1-16(2)23(29)9-6-17(3)20-7-8-21-25-22(11-13-27(20,21)5)26(4)12-10-19(28)14-18(26)15-24(25)30/h15-17,19-25,28-30H,6-14H2,1-5H3/t17?,19-,20+,21-,22-,23?,24+,25?,26-,27+/m0/s1. The van der Waals surface area contributed by atoms with Crippen molar-refractivity contribution in [1.29, 1.82) is 0 Å². The van der Waals surface area contributed by atoms with Crippen LogP contribution in [0, 0.1) is 46.3 Å². The molecule has 0 radical (unpaired) electrons. The molecule has 3 N–H and O–H groups in total. The Hall–Kier alpha value is -0.380. The first-order chi connectivity index (χ1) is 14.1. The molecule has 0 bridgehead atoms. The second-order valence-corrected chi connectivity index (χ2v) is 12.4. The van der Waals surface area contributed by atoms with E-state index in [0.717, 1.165) is 32.1 Å². The highest BCUT2D eigenvalue weighted by Crippen LogP contribution is 2.67. The van der Waals surface area contributed by atoms with Gasteiger partial charge >= 0.3 is 0 Å². The van der Waals surface area contributed by atoms with E-state index in [1.807, 2.05) is 0 Å². The third-order valence-electron chi connectivity index (χ3n) is 10.6. The number of hydrogen-bond acceptors (Lipinski definition) is 3. The Kier molecular flexibility index (Phi) is 6.23. The Morgan fingerprint density at radius 1 is 0.967 bits per heavy atom. The minimum Gasteiger partial charge on any atom is -0.393 e. The van der Waals surface area contributed by atoms with Crippen LogP contribution in [0.15, 0.2) is 11.6 Å². The van der Waals surface area contributed by atoms with Crippen molar-refractivity contribution < 1.29 is 15.3 Å². The Morgan fingerprint density at radius 2 is 1.70 bits per heavy atom. The summed E-state index contributed by atoms with van der Waals surface area (Å²) in [6.45, 7) is 11.6. The van der Waals surface area contributed by atoms with Crippen LogP contribution in [0.25, 0.3) is 0 Å². The first-order valence-electron chi connectivity index (χ1n) is 12.8. The molecule has 30 heavy (non-hydrogen) atoms. The third-order valence-corrected chi connectivity index (χ3v) is 10.6. The minimum atomic E-state index is -0.343. The fourth-order valence-electron chi connectivity index (χ4n) is 8.57. The van der Waals surface area contributed by atoms with E-state index in [4.69, 9.17) is 0 Å². The van der Waals surface area contributed by atoms with Gasteiger partial charge in [-0.3, -0.25) is 0 Å². The van der Waals surface area contributed by atoms with Crippen LogP contribution in [0.3, 0.4) is 0 Å². The van der Waals surface area contributed by atoms with Gasteiger partial charge in [0, 0.05) is 0 Å². The predicted octanol–water partition coefficient (Wildman–Crippen LogP) is 5.33. The summed E-state index contributed by atoms with van der Waals surface area (Å²) >= 11 is 0. The van der Waals surface area contributed by atoms with Gasteiger partial charge in [0.05, 0.1) is 18.3 Å². The second kappa shape index (κ2) is 8.19. The van der Waals surface area contributed by atoms with Crippen LogP contribution < -0.4 is 0 Å². The van der Waals surface area contributed by atoms with Crippen molar-refractivity contribution in [2.45, 2.75) is 111 Å². The fourth-order valence-corrected chi connectivity index (χ4v) is 8.57. The van der Waals surface area contributed by atoms with E-state index in [1.54, 1.807) is 0 Å². The quantitative estimate of drug-likeness (QED) is 0.529. The molecule has 0 aromatic heterocycles. The van der Waals surface area contributed by atoms with Crippen LogP contribution in [0.1, 0.15) is 92.4 Å². The number of aliphatic hydroxyl groups is 3. The van der Waals surface area contributed by atoms with Gasteiger partial charge in [-0.2, -0.15) is 0 Å². The zero-order chi connectivity index (χ0) is 21.8. The molecule has 10 atom stereocenters. The molecule has 4 rings (SSSR count). The number of fused-ring (bicyclic) bond motifs is 5. The molecule has 0 saturated heterocycles. The summed E-state index contributed by atoms with van der Waals surface area (Å²) in [6.07, 6.45) is 11.2. The topological polar surface area (TPSA) is 60.7 Å². The molecule has 0 aromatic rings. The van der Waals surface area contributed by atoms with Crippen LogP contribution in [0.2, 0.25) is 0 Å². The minimum absolute atomic E-state index is 0.176. The lowest BCUT2D eigenvalue weighted by atomic mass is 9.46. The molecule has 3 fully saturated rings. The van der Waals surface area contributed by atoms with Crippen molar-refractivity contribution in [3.8, 4) is 0 Å². The molecule has 3 saturated carbocycles. The Morgan fingerprint density at radius 3 is 2.40 bits per heavy atom.